The van der Waals surface area contributed by atoms with Gasteiger partial charge in [-0.15, -0.1) is 0 Å². The van der Waals surface area contributed by atoms with Gasteiger partial charge in [-0.3, -0.25) is 4.79 Å². The van der Waals surface area contributed by atoms with E-state index >= 15 is 0 Å². The Morgan fingerprint density at radius 1 is 1.77 bits per heavy atom. The molecule has 1 N–H and O–H groups in total. The maximum Gasteiger partial charge on any atom is 0.243 e. The standard InChI is InChI=1S/C8H14BN2OP/c1-9(13)11-4-7-6(2-3-10-7)8(12)5-11/h2-3,6-7,10H,4-5,13H2,1H3. The third-order valence-electron chi connectivity index (χ3n) is 2.79. The van der Waals surface area contributed by atoms with Gasteiger partial charge in [0, 0.05) is 13.1 Å². The van der Waals surface area contributed by atoms with Gasteiger partial charge < -0.3 is 10.1 Å². The Balaban J connectivity index is 2.08. The molecule has 0 aromatic carbocycles. The Morgan fingerprint density at radius 3 is 3.23 bits per heavy atom. The van der Waals surface area contributed by atoms with Gasteiger partial charge >= 0.3 is 0 Å². The number of nitrogens with one attached hydrogen (secondary N) is 1. The Bertz CT molecular complexity index is 257. The van der Waals surface area contributed by atoms with Crippen molar-refractivity contribution in [3.63, 3.8) is 0 Å². The first kappa shape index (κ1) is 9.23. The van der Waals surface area contributed by atoms with E-state index in [1.165, 1.54) is 0 Å². The fraction of sp³-hybridized carbons (Fsp3) is 0.625. The average molecular weight is 196 g/mol. The van der Waals surface area contributed by atoms with Crippen molar-refractivity contribution in [2.24, 2.45) is 5.92 Å². The largest absolute Gasteiger partial charge is 0.386 e. The molecule has 2 aliphatic heterocycles. The van der Waals surface area contributed by atoms with Gasteiger partial charge in [0.05, 0.1) is 12.0 Å². The molecular formula is C8H14BN2OP. The molecule has 0 radical (unpaired) electrons. The van der Waals surface area contributed by atoms with Crippen molar-refractivity contribution in [1.82, 2.24) is 10.1 Å². The summed E-state index contributed by atoms with van der Waals surface area (Å²) in [5.41, 5.74) is 0. The van der Waals surface area contributed by atoms with Crippen LogP contribution in [0.3, 0.4) is 0 Å². The minimum atomic E-state index is 0.125. The molecule has 0 aliphatic carbocycles. The SMILES string of the molecule is CB(P)N1CC(=O)C2C=CNC2C1. The molecule has 0 aromatic rings. The number of Topliss-reactive ketones (excluding diaryl/α,β-unsaturated/α-hetero) is 1. The minimum absolute atomic E-state index is 0.125. The molecule has 3 nitrogen and oxygen atoms in total. The number of rotatable bonds is 1. The summed E-state index contributed by atoms with van der Waals surface area (Å²) in [4.78, 5) is 13.8. The van der Waals surface area contributed by atoms with Gasteiger partial charge in [-0.1, -0.05) is 12.9 Å². The average Bonchev–Trinajstić information content (AvgIpc) is 2.51. The molecule has 0 aromatic heterocycles. The first-order chi connectivity index (χ1) is 6.18. The van der Waals surface area contributed by atoms with Crippen molar-refractivity contribution >= 4 is 21.5 Å². The Morgan fingerprint density at radius 2 is 2.54 bits per heavy atom. The van der Waals surface area contributed by atoms with E-state index < -0.39 is 0 Å². The van der Waals surface area contributed by atoms with Crippen LogP contribution in [0.15, 0.2) is 12.3 Å². The van der Waals surface area contributed by atoms with E-state index in [-0.39, 0.29) is 5.92 Å². The van der Waals surface area contributed by atoms with Gasteiger partial charge in [-0.25, -0.2) is 0 Å². The number of fused-ring (bicyclic) bond motifs is 1. The van der Waals surface area contributed by atoms with Gasteiger partial charge in [-0.2, -0.15) is 9.12 Å². The molecule has 5 heteroatoms. The molecule has 2 rings (SSSR count). The quantitative estimate of drug-likeness (QED) is 0.472. The molecule has 2 heterocycles. The second kappa shape index (κ2) is 3.43. The summed E-state index contributed by atoms with van der Waals surface area (Å²) in [5.74, 6) is 0.465. The van der Waals surface area contributed by atoms with E-state index in [1.54, 1.807) is 0 Å². The lowest BCUT2D eigenvalue weighted by molar-refractivity contribution is -0.124. The van der Waals surface area contributed by atoms with Gasteiger partial charge in [0.1, 0.15) is 0 Å². The molecule has 0 spiro atoms. The van der Waals surface area contributed by atoms with Crippen molar-refractivity contribution in [2.45, 2.75) is 12.9 Å². The van der Waals surface area contributed by atoms with E-state index in [4.69, 9.17) is 0 Å². The summed E-state index contributed by atoms with van der Waals surface area (Å²) in [6.07, 6.45) is 3.89. The van der Waals surface area contributed by atoms with Crippen molar-refractivity contribution < 1.29 is 4.79 Å². The van der Waals surface area contributed by atoms with E-state index in [2.05, 4.69) is 26.1 Å². The second-order valence-electron chi connectivity index (χ2n) is 3.79. The fourth-order valence-corrected chi connectivity index (χ4v) is 2.18. The molecule has 70 valence electrons. The number of carbonyl (C=O) groups excluding carboxylic acids is 1. The van der Waals surface area contributed by atoms with Crippen molar-refractivity contribution in [3.05, 3.63) is 12.3 Å². The highest BCUT2D eigenvalue weighted by Crippen LogP contribution is 2.21. The van der Waals surface area contributed by atoms with Gasteiger partial charge in [-0.05, 0) is 6.20 Å². The third-order valence-corrected chi connectivity index (χ3v) is 3.21. The van der Waals surface area contributed by atoms with Crippen LogP contribution in [0.4, 0.5) is 0 Å². The zero-order valence-electron chi connectivity index (χ0n) is 7.73. The molecule has 0 amide bonds. The highest BCUT2D eigenvalue weighted by molar-refractivity contribution is 7.61. The number of carbonyl (C=O) groups is 1. The fourth-order valence-electron chi connectivity index (χ4n) is 1.95. The van der Waals surface area contributed by atoms with E-state index in [9.17, 15) is 4.79 Å². The lowest BCUT2D eigenvalue weighted by Gasteiger charge is -2.35. The molecule has 3 unspecified atom stereocenters. The monoisotopic (exact) mass is 196 g/mol. The lowest BCUT2D eigenvalue weighted by Crippen LogP contribution is -2.54. The van der Waals surface area contributed by atoms with Crippen LogP contribution < -0.4 is 5.32 Å². The van der Waals surface area contributed by atoms with E-state index in [0.29, 0.717) is 24.9 Å². The van der Waals surface area contributed by atoms with Crippen LogP contribution in [0.5, 0.6) is 0 Å². The summed E-state index contributed by atoms with van der Waals surface area (Å²) in [7, 11) is 2.74. The molecule has 3 atom stereocenters. The summed E-state index contributed by atoms with van der Waals surface area (Å²) in [6.45, 7) is 4.04. The zero-order valence-corrected chi connectivity index (χ0v) is 8.89. The van der Waals surface area contributed by atoms with E-state index in [1.807, 2.05) is 12.3 Å². The van der Waals surface area contributed by atoms with Gasteiger partial charge in [0.25, 0.3) is 0 Å². The van der Waals surface area contributed by atoms with Crippen LogP contribution in [-0.2, 0) is 4.79 Å². The van der Waals surface area contributed by atoms with Crippen molar-refractivity contribution in [3.8, 4) is 0 Å². The maximum absolute atomic E-state index is 11.6. The number of piperidine rings is 1. The predicted octanol–water partition coefficient (Wildman–Crippen LogP) is -0.0341. The number of hydrogen-bond donors (Lipinski definition) is 1. The number of ketones is 1. The van der Waals surface area contributed by atoms with Crippen LogP contribution >= 0.6 is 9.12 Å². The highest BCUT2D eigenvalue weighted by Gasteiger charge is 2.36. The number of nitrogens with zero attached hydrogens (tertiary/aromatic N) is 1. The molecular weight excluding hydrogens is 182 g/mol. The molecule has 1 fully saturated rings. The van der Waals surface area contributed by atoms with Crippen LogP contribution in [0, 0.1) is 5.92 Å². The Hall–Kier alpha value is -0.335. The van der Waals surface area contributed by atoms with Crippen molar-refractivity contribution in [1.29, 1.82) is 0 Å². The topological polar surface area (TPSA) is 32.3 Å². The molecule has 0 saturated carbocycles. The maximum atomic E-state index is 11.6. The predicted molar refractivity (Wildman–Crippen MR) is 57.5 cm³/mol. The smallest absolute Gasteiger partial charge is 0.243 e. The zero-order chi connectivity index (χ0) is 9.42. The first-order valence-electron chi connectivity index (χ1n) is 4.63. The van der Waals surface area contributed by atoms with Crippen LogP contribution in [0.1, 0.15) is 0 Å². The van der Waals surface area contributed by atoms with Crippen LogP contribution in [0.2, 0.25) is 6.82 Å². The number of hydrogen-bond acceptors (Lipinski definition) is 3. The first-order valence-corrected chi connectivity index (χ1v) is 5.30. The van der Waals surface area contributed by atoms with Gasteiger partial charge in [0.15, 0.2) is 5.78 Å². The van der Waals surface area contributed by atoms with Crippen molar-refractivity contribution in [2.75, 3.05) is 13.1 Å². The minimum Gasteiger partial charge on any atom is -0.386 e. The Kier molecular flexibility index (Phi) is 2.44. The molecule has 13 heavy (non-hydrogen) atoms. The Labute approximate surface area is 81.2 Å². The second-order valence-corrected chi connectivity index (χ2v) is 4.76. The van der Waals surface area contributed by atoms with Crippen LogP contribution in [0.25, 0.3) is 0 Å². The summed E-state index contributed by atoms with van der Waals surface area (Å²) in [6, 6.07) is 0.309. The molecule has 2 aliphatic rings. The van der Waals surface area contributed by atoms with Gasteiger partial charge in [0.2, 0.25) is 6.57 Å². The van der Waals surface area contributed by atoms with E-state index in [0.717, 1.165) is 6.54 Å². The molecule has 1 saturated heterocycles. The summed E-state index contributed by atoms with van der Waals surface area (Å²) >= 11 is 0. The molecule has 0 bridgehead atoms. The highest BCUT2D eigenvalue weighted by atomic mass is 31.0. The van der Waals surface area contributed by atoms with Crippen LogP contribution in [-0.4, -0.2) is 36.3 Å². The normalized spacial score (nSPS) is 32.9. The third kappa shape index (κ3) is 1.65. The lowest BCUT2D eigenvalue weighted by atomic mass is 9.84. The summed E-state index contributed by atoms with van der Waals surface area (Å²) < 4.78 is 0. The summed E-state index contributed by atoms with van der Waals surface area (Å²) in [5, 5.41) is 3.22.